The van der Waals surface area contributed by atoms with E-state index in [-0.39, 0.29) is 5.91 Å². The molecule has 0 spiro atoms. The molecule has 84 valence electrons. The van der Waals surface area contributed by atoms with Gasteiger partial charge in [0.2, 0.25) is 5.91 Å². The van der Waals surface area contributed by atoms with Gasteiger partial charge in [0.1, 0.15) is 0 Å². The van der Waals surface area contributed by atoms with Crippen LogP contribution in [0.1, 0.15) is 33.1 Å². The molecule has 0 saturated heterocycles. The molecule has 0 aromatic rings. The van der Waals surface area contributed by atoms with Crippen molar-refractivity contribution >= 4 is 5.91 Å². The van der Waals surface area contributed by atoms with Gasteiger partial charge in [-0.25, -0.2) is 0 Å². The van der Waals surface area contributed by atoms with Gasteiger partial charge in [-0.3, -0.25) is 4.79 Å². The summed E-state index contributed by atoms with van der Waals surface area (Å²) < 4.78 is 5.25. The second-order valence-corrected chi connectivity index (χ2v) is 3.44. The molecule has 0 bridgehead atoms. The van der Waals surface area contributed by atoms with Crippen LogP contribution < -0.4 is 11.1 Å². The number of primary amides is 1. The number of hydrogen-bond acceptors (Lipinski definition) is 3. The maximum atomic E-state index is 10.4. The molecule has 0 aliphatic carbocycles. The lowest BCUT2D eigenvalue weighted by Gasteiger charge is -2.12. The van der Waals surface area contributed by atoms with Crippen molar-refractivity contribution in [3.05, 3.63) is 0 Å². The third-order valence-corrected chi connectivity index (χ3v) is 1.91. The van der Waals surface area contributed by atoms with Gasteiger partial charge >= 0.3 is 0 Å². The first-order chi connectivity index (χ1) is 6.66. The average Bonchev–Trinajstić information content (AvgIpc) is 2.13. The first-order valence-corrected chi connectivity index (χ1v) is 5.26. The summed E-state index contributed by atoms with van der Waals surface area (Å²) in [5.74, 6) is -0.215. The molecule has 0 saturated carbocycles. The highest BCUT2D eigenvalue weighted by Crippen LogP contribution is 1.93. The van der Waals surface area contributed by atoms with E-state index in [1.165, 1.54) is 0 Å². The molecule has 4 heteroatoms. The number of ether oxygens (including phenoxy) is 1. The molecule has 0 aliphatic rings. The minimum atomic E-state index is -0.215. The summed E-state index contributed by atoms with van der Waals surface area (Å²) in [4.78, 5) is 10.4. The molecule has 1 amide bonds. The highest BCUT2D eigenvalue weighted by atomic mass is 16.5. The normalized spacial score (nSPS) is 12.7. The number of nitrogens with one attached hydrogen (secondary N) is 1. The van der Waals surface area contributed by atoms with Crippen LogP contribution in [0.3, 0.4) is 0 Å². The second-order valence-electron chi connectivity index (χ2n) is 3.44. The monoisotopic (exact) mass is 202 g/mol. The minimum absolute atomic E-state index is 0.215. The summed E-state index contributed by atoms with van der Waals surface area (Å²) in [6, 6.07) is 0.378. The average molecular weight is 202 g/mol. The predicted molar refractivity (Wildman–Crippen MR) is 57.0 cm³/mol. The molecule has 0 heterocycles. The van der Waals surface area contributed by atoms with Crippen molar-refractivity contribution in [2.24, 2.45) is 5.73 Å². The van der Waals surface area contributed by atoms with Gasteiger partial charge in [-0.05, 0) is 33.2 Å². The highest BCUT2D eigenvalue weighted by molar-refractivity contribution is 5.73. The van der Waals surface area contributed by atoms with Crippen molar-refractivity contribution in [3.8, 4) is 0 Å². The molecule has 0 fully saturated rings. The third kappa shape index (κ3) is 9.48. The van der Waals surface area contributed by atoms with E-state index in [2.05, 4.69) is 12.2 Å². The number of carbonyl (C=O) groups excluding carboxylic acids is 1. The molecule has 14 heavy (non-hydrogen) atoms. The van der Waals surface area contributed by atoms with E-state index in [4.69, 9.17) is 10.5 Å². The van der Waals surface area contributed by atoms with E-state index < -0.39 is 0 Å². The van der Waals surface area contributed by atoms with Gasteiger partial charge in [0.25, 0.3) is 0 Å². The van der Waals surface area contributed by atoms with Crippen LogP contribution in [0.25, 0.3) is 0 Å². The minimum Gasteiger partial charge on any atom is -0.380 e. The Morgan fingerprint density at radius 2 is 2.21 bits per heavy atom. The summed E-state index contributed by atoms with van der Waals surface area (Å²) in [6.45, 7) is 6.49. The summed E-state index contributed by atoms with van der Waals surface area (Å²) in [7, 11) is 0. The number of nitrogens with two attached hydrogens (primary N) is 1. The molecular formula is C10H22N2O2. The lowest BCUT2D eigenvalue weighted by atomic mass is 10.2. The van der Waals surface area contributed by atoms with Crippen molar-refractivity contribution in [1.82, 2.24) is 5.32 Å². The van der Waals surface area contributed by atoms with Crippen molar-refractivity contribution in [3.63, 3.8) is 0 Å². The summed E-state index contributed by atoms with van der Waals surface area (Å²) in [5.41, 5.74) is 5.02. The van der Waals surface area contributed by atoms with E-state index >= 15 is 0 Å². The van der Waals surface area contributed by atoms with Crippen LogP contribution in [0.15, 0.2) is 0 Å². The van der Waals surface area contributed by atoms with Gasteiger partial charge in [0.05, 0.1) is 6.61 Å². The number of unbranched alkanes of at least 4 members (excludes halogenated alkanes) is 1. The molecular weight excluding hydrogens is 180 g/mol. The first-order valence-electron chi connectivity index (χ1n) is 5.26. The molecule has 0 radical (unpaired) electrons. The molecule has 0 aromatic heterocycles. The standard InChI is InChI=1S/C10H22N2O2/c1-3-14-8-9(2)12-7-5-4-6-10(11)13/h9,12H,3-8H2,1-2H3,(H2,11,13). The van der Waals surface area contributed by atoms with Crippen molar-refractivity contribution < 1.29 is 9.53 Å². The zero-order valence-electron chi connectivity index (χ0n) is 9.21. The Labute approximate surface area is 86.2 Å². The lowest BCUT2D eigenvalue weighted by molar-refractivity contribution is -0.118. The van der Waals surface area contributed by atoms with Crippen LogP contribution in [0, 0.1) is 0 Å². The van der Waals surface area contributed by atoms with E-state index in [9.17, 15) is 4.79 Å². The lowest BCUT2D eigenvalue weighted by Crippen LogP contribution is -2.31. The van der Waals surface area contributed by atoms with Gasteiger partial charge in [-0.1, -0.05) is 0 Å². The molecule has 1 atom stereocenters. The fourth-order valence-corrected chi connectivity index (χ4v) is 1.13. The SMILES string of the molecule is CCOCC(C)NCCCCC(N)=O. The van der Waals surface area contributed by atoms with Crippen LogP contribution in [0.2, 0.25) is 0 Å². The quantitative estimate of drug-likeness (QED) is 0.540. The number of hydrogen-bond donors (Lipinski definition) is 2. The summed E-state index contributed by atoms with van der Waals surface area (Å²) >= 11 is 0. The summed E-state index contributed by atoms with van der Waals surface area (Å²) in [6.07, 6.45) is 2.34. The van der Waals surface area contributed by atoms with Gasteiger partial charge in [0.15, 0.2) is 0 Å². The van der Waals surface area contributed by atoms with Crippen molar-refractivity contribution in [2.75, 3.05) is 19.8 Å². The van der Waals surface area contributed by atoms with Gasteiger partial charge in [-0.2, -0.15) is 0 Å². The van der Waals surface area contributed by atoms with E-state index in [1.807, 2.05) is 6.92 Å². The Hall–Kier alpha value is -0.610. The highest BCUT2D eigenvalue weighted by Gasteiger charge is 2.00. The largest absolute Gasteiger partial charge is 0.380 e. The molecule has 0 rings (SSSR count). The number of rotatable bonds is 9. The number of amides is 1. The van der Waals surface area contributed by atoms with Gasteiger partial charge in [0, 0.05) is 19.1 Å². The Morgan fingerprint density at radius 3 is 2.79 bits per heavy atom. The molecule has 1 unspecified atom stereocenters. The van der Waals surface area contributed by atoms with Crippen LogP contribution >= 0.6 is 0 Å². The van der Waals surface area contributed by atoms with Crippen LogP contribution in [0.4, 0.5) is 0 Å². The van der Waals surface area contributed by atoms with E-state index in [0.29, 0.717) is 12.5 Å². The first kappa shape index (κ1) is 13.4. The zero-order chi connectivity index (χ0) is 10.8. The number of carbonyl (C=O) groups is 1. The third-order valence-electron chi connectivity index (χ3n) is 1.91. The van der Waals surface area contributed by atoms with Crippen LogP contribution in [-0.4, -0.2) is 31.7 Å². The van der Waals surface area contributed by atoms with E-state index in [0.717, 1.165) is 32.6 Å². The molecule has 4 nitrogen and oxygen atoms in total. The topological polar surface area (TPSA) is 64.3 Å². The van der Waals surface area contributed by atoms with Crippen LogP contribution in [0.5, 0.6) is 0 Å². The summed E-state index contributed by atoms with van der Waals surface area (Å²) in [5, 5.41) is 3.31. The van der Waals surface area contributed by atoms with Crippen molar-refractivity contribution in [2.45, 2.75) is 39.2 Å². The Kier molecular flexibility index (Phi) is 8.57. The maximum absolute atomic E-state index is 10.4. The maximum Gasteiger partial charge on any atom is 0.217 e. The van der Waals surface area contributed by atoms with Crippen molar-refractivity contribution in [1.29, 1.82) is 0 Å². The molecule has 0 aliphatic heterocycles. The Bertz CT molecular complexity index is 151. The Morgan fingerprint density at radius 1 is 1.50 bits per heavy atom. The predicted octanol–water partition coefficient (Wildman–Crippen LogP) is 0.657. The molecule has 3 N–H and O–H groups in total. The van der Waals surface area contributed by atoms with Crippen LogP contribution in [-0.2, 0) is 9.53 Å². The fourth-order valence-electron chi connectivity index (χ4n) is 1.13. The van der Waals surface area contributed by atoms with Gasteiger partial charge in [-0.15, -0.1) is 0 Å². The smallest absolute Gasteiger partial charge is 0.217 e. The molecule has 0 aromatic carbocycles. The second kappa shape index (κ2) is 8.97. The zero-order valence-corrected chi connectivity index (χ0v) is 9.21. The Balaban J connectivity index is 3.14. The fraction of sp³-hybridized carbons (Fsp3) is 0.900. The van der Waals surface area contributed by atoms with E-state index in [1.54, 1.807) is 0 Å². The van der Waals surface area contributed by atoms with Gasteiger partial charge < -0.3 is 15.8 Å².